The van der Waals surface area contributed by atoms with Crippen molar-refractivity contribution in [2.45, 2.75) is 39.7 Å². The highest BCUT2D eigenvalue weighted by Gasteiger charge is 2.09. The van der Waals surface area contributed by atoms with Crippen LogP contribution in [0.5, 0.6) is 11.5 Å². The summed E-state index contributed by atoms with van der Waals surface area (Å²) in [5, 5.41) is 0. The van der Waals surface area contributed by atoms with Gasteiger partial charge < -0.3 is 9.47 Å². The first-order valence-electron chi connectivity index (χ1n) is 5.92. The molecular formula is C14H20O3. The van der Waals surface area contributed by atoms with Gasteiger partial charge in [0.1, 0.15) is 5.78 Å². The molecule has 0 unspecified atom stereocenters. The van der Waals surface area contributed by atoms with Crippen molar-refractivity contribution < 1.29 is 14.3 Å². The van der Waals surface area contributed by atoms with E-state index in [0.29, 0.717) is 24.3 Å². The molecule has 0 aromatic heterocycles. The Morgan fingerprint density at radius 1 is 1.29 bits per heavy atom. The molecule has 0 aliphatic heterocycles. The van der Waals surface area contributed by atoms with E-state index >= 15 is 0 Å². The van der Waals surface area contributed by atoms with Crippen LogP contribution in [-0.2, 0) is 11.2 Å². The van der Waals surface area contributed by atoms with Gasteiger partial charge in [-0.15, -0.1) is 0 Å². The zero-order valence-electron chi connectivity index (χ0n) is 10.9. The third-order valence-electron chi connectivity index (χ3n) is 2.39. The molecule has 1 aromatic carbocycles. The fourth-order valence-electron chi connectivity index (χ4n) is 1.53. The van der Waals surface area contributed by atoms with Crippen molar-refractivity contribution in [2.75, 3.05) is 7.11 Å². The Hall–Kier alpha value is -1.51. The normalized spacial score (nSPS) is 10.4. The minimum Gasteiger partial charge on any atom is -0.493 e. The number of hydrogen-bond acceptors (Lipinski definition) is 3. The summed E-state index contributed by atoms with van der Waals surface area (Å²) in [6.07, 6.45) is 1.10. The summed E-state index contributed by atoms with van der Waals surface area (Å²) in [5.41, 5.74) is 0.966. The highest BCUT2D eigenvalue weighted by atomic mass is 16.5. The van der Waals surface area contributed by atoms with Crippen molar-refractivity contribution in [1.29, 1.82) is 0 Å². The standard InChI is InChI=1S/C14H20O3/c1-5-12(15)8-11-6-7-13(16-4)14(9-11)17-10(2)3/h6-7,9-10H,5,8H2,1-4H3. The van der Waals surface area contributed by atoms with Gasteiger partial charge in [-0.3, -0.25) is 4.79 Å². The van der Waals surface area contributed by atoms with Crippen LogP contribution < -0.4 is 9.47 Å². The molecule has 1 rings (SSSR count). The van der Waals surface area contributed by atoms with E-state index in [4.69, 9.17) is 9.47 Å². The van der Waals surface area contributed by atoms with Crippen LogP contribution in [0.4, 0.5) is 0 Å². The minimum atomic E-state index is 0.0843. The first-order valence-corrected chi connectivity index (χ1v) is 5.92. The molecule has 0 saturated heterocycles. The average Bonchev–Trinajstić information content (AvgIpc) is 2.28. The van der Waals surface area contributed by atoms with E-state index in [9.17, 15) is 4.79 Å². The molecule has 94 valence electrons. The van der Waals surface area contributed by atoms with Crippen molar-refractivity contribution in [3.8, 4) is 11.5 Å². The van der Waals surface area contributed by atoms with Crippen LogP contribution in [0.25, 0.3) is 0 Å². The summed E-state index contributed by atoms with van der Waals surface area (Å²) in [6, 6.07) is 5.63. The predicted molar refractivity (Wildman–Crippen MR) is 67.8 cm³/mol. The maximum Gasteiger partial charge on any atom is 0.161 e. The number of carbonyl (C=O) groups excluding carboxylic acids is 1. The Morgan fingerprint density at radius 2 is 2.00 bits per heavy atom. The van der Waals surface area contributed by atoms with Crippen LogP contribution in [0.2, 0.25) is 0 Å². The number of methoxy groups -OCH3 is 1. The monoisotopic (exact) mass is 236 g/mol. The van der Waals surface area contributed by atoms with E-state index in [1.807, 2.05) is 39.0 Å². The summed E-state index contributed by atoms with van der Waals surface area (Å²) < 4.78 is 10.9. The maximum atomic E-state index is 11.4. The summed E-state index contributed by atoms with van der Waals surface area (Å²) in [6.45, 7) is 5.80. The molecule has 0 radical (unpaired) electrons. The van der Waals surface area contributed by atoms with Crippen LogP contribution in [0.15, 0.2) is 18.2 Å². The van der Waals surface area contributed by atoms with Crippen LogP contribution in [0.1, 0.15) is 32.8 Å². The Morgan fingerprint density at radius 3 is 2.53 bits per heavy atom. The van der Waals surface area contributed by atoms with Gasteiger partial charge in [-0.05, 0) is 31.5 Å². The van der Waals surface area contributed by atoms with Gasteiger partial charge in [-0.25, -0.2) is 0 Å². The number of hydrogen-bond donors (Lipinski definition) is 0. The Kier molecular flexibility index (Phi) is 5.01. The lowest BCUT2D eigenvalue weighted by atomic mass is 10.1. The predicted octanol–water partition coefficient (Wildman–Crippen LogP) is 3.00. The van der Waals surface area contributed by atoms with E-state index in [1.54, 1.807) is 7.11 Å². The smallest absolute Gasteiger partial charge is 0.161 e. The summed E-state index contributed by atoms with van der Waals surface area (Å²) in [7, 11) is 1.61. The number of ketones is 1. The van der Waals surface area contributed by atoms with Crippen LogP contribution in [0, 0.1) is 0 Å². The van der Waals surface area contributed by atoms with Gasteiger partial charge in [0.2, 0.25) is 0 Å². The molecule has 0 aliphatic carbocycles. The Balaban J connectivity index is 2.91. The van der Waals surface area contributed by atoms with E-state index in [1.165, 1.54) is 0 Å². The second kappa shape index (κ2) is 6.28. The molecule has 0 atom stereocenters. The second-order valence-electron chi connectivity index (χ2n) is 4.22. The number of ether oxygens (including phenoxy) is 2. The SMILES string of the molecule is CCC(=O)Cc1ccc(OC)c(OC(C)C)c1. The fraction of sp³-hybridized carbons (Fsp3) is 0.500. The van der Waals surface area contributed by atoms with Crippen molar-refractivity contribution in [3.05, 3.63) is 23.8 Å². The number of carbonyl (C=O) groups is 1. The van der Waals surface area contributed by atoms with Crippen molar-refractivity contribution in [1.82, 2.24) is 0 Å². The van der Waals surface area contributed by atoms with Gasteiger partial charge >= 0.3 is 0 Å². The first kappa shape index (κ1) is 13.6. The number of rotatable bonds is 6. The molecule has 17 heavy (non-hydrogen) atoms. The van der Waals surface area contributed by atoms with Crippen LogP contribution in [-0.4, -0.2) is 19.0 Å². The average molecular weight is 236 g/mol. The molecule has 0 amide bonds. The quantitative estimate of drug-likeness (QED) is 0.761. The molecule has 1 aromatic rings. The zero-order chi connectivity index (χ0) is 12.8. The zero-order valence-corrected chi connectivity index (χ0v) is 10.9. The van der Waals surface area contributed by atoms with Gasteiger partial charge in [0.25, 0.3) is 0 Å². The highest BCUT2D eigenvalue weighted by Crippen LogP contribution is 2.29. The summed E-state index contributed by atoms with van der Waals surface area (Å²) >= 11 is 0. The van der Waals surface area contributed by atoms with Gasteiger partial charge in [-0.2, -0.15) is 0 Å². The van der Waals surface area contributed by atoms with E-state index < -0.39 is 0 Å². The topological polar surface area (TPSA) is 35.5 Å². The molecule has 0 N–H and O–H groups in total. The number of benzene rings is 1. The molecule has 0 spiro atoms. The molecule has 0 saturated carbocycles. The third kappa shape index (κ3) is 4.10. The molecule has 0 aliphatic rings. The molecular weight excluding hydrogens is 216 g/mol. The van der Waals surface area contributed by atoms with Crippen molar-refractivity contribution >= 4 is 5.78 Å². The molecule has 0 fully saturated rings. The van der Waals surface area contributed by atoms with Crippen molar-refractivity contribution in [3.63, 3.8) is 0 Å². The molecule has 3 nitrogen and oxygen atoms in total. The van der Waals surface area contributed by atoms with Crippen LogP contribution >= 0.6 is 0 Å². The van der Waals surface area contributed by atoms with Crippen LogP contribution in [0.3, 0.4) is 0 Å². The lowest BCUT2D eigenvalue weighted by molar-refractivity contribution is -0.118. The van der Waals surface area contributed by atoms with Gasteiger partial charge in [-0.1, -0.05) is 13.0 Å². The second-order valence-corrected chi connectivity index (χ2v) is 4.22. The third-order valence-corrected chi connectivity index (χ3v) is 2.39. The fourth-order valence-corrected chi connectivity index (χ4v) is 1.53. The lowest BCUT2D eigenvalue weighted by Gasteiger charge is -2.14. The van der Waals surface area contributed by atoms with E-state index in [-0.39, 0.29) is 11.9 Å². The van der Waals surface area contributed by atoms with Gasteiger partial charge in [0.15, 0.2) is 11.5 Å². The van der Waals surface area contributed by atoms with E-state index in [2.05, 4.69) is 0 Å². The minimum absolute atomic E-state index is 0.0843. The van der Waals surface area contributed by atoms with E-state index in [0.717, 1.165) is 5.56 Å². The molecule has 0 heterocycles. The largest absolute Gasteiger partial charge is 0.493 e. The van der Waals surface area contributed by atoms with Gasteiger partial charge in [0.05, 0.1) is 13.2 Å². The first-order chi connectivity index (χ1) is 8.06. The van der Waals surface area contributed by atoms with Gasteiger partial charge in [0, 0.05) is 12.8 Å². The lowest BCUT2D eigenvalue weighted by Crippen LogP contribution is -2.08. The Bertz CT molecular complexity index is 383. The molecule has 3 heteroatoms. The number of Topliss-reactive ketones (excluding diaryl/α,β-unsaturated/α-hetero) is 1. The van der Waals surface area contributed by atoms with Crippen molar-refractivity contribution in [2.24, 2.45) is 0 Å². The highest BCUT2D eigenvalue weighted by molar-refractivity contribution is 5.80. The summed E-state index contributed by atoms with van der Waals surface area (Å²) in [5.74, 6) is 1.63. The maximum absolute atomic E-state index is 11.4. The molecule has 0 bridgehead atoms. The Labute approximate surface area is 103 Å². The summed E-state index contributed by atoms with van der Waals surface area (Å²) in [4.78, 5) is 11.4.